The highest BCUT2D eigenvalue weighted by Gasteiger charge is 2.10. The van der Waals surface area contributed by atoms with E-state index in [0.717, 1.165) is 24.3 Å². The van der Waals surface area contributed by atoms with Crippen LogP contribution in [-0.2, 0) is 12.8 Å². The van der Waals surface area contributed by atoms with Gasteiger partial charge in [0.25, 0.3) is 0 Å². The van der Waals surface area contributed by atoms with Gasteiger partial charge in [-0.1, -0.05) is 25.1 Å². The molecule has 0 radical (unpaired) electrons. The summed E-state index contributed by atoms with van der Waals surface area (Å²) in [5, 5.41) is 0. The summed E-state index contributed by atoms with van der Waals surface area (Å²) in [6.07, 6.45) is 3.86. The van der Waals surface area contributed by atoms with E-state index < -0.39 is 0 Å². The SMILES string of the molecule is CCc1ccc(N(C)c2ncc(CC(C)N)cc2C)cc1. The van der Waals surface area contributed by atoms with Gasteiger partial charge in [0.15, 0.2) is 0 Å². The monoisotopic (exact) mass is 283 g/mol. The number of nitrogens with zero attached hydrogens (tertiary/aromatic N) is 2. The van der Waals surface area contributed by atoms with Gasteiger partial charge in [0.05, 0.1) is 0 Å². The summed E-state index contributed by atoms with van der Waals surface area (Å²) in [4.78, 5) is 6.75. The molecule has 1 atom stereocenters. The molecule has 1 unspecified atom stereocenters. The molecular weight excluding hydrogens is 258 g/mol. The Bertz CT molecular complexity index is 588. The largest absolute Gasteiger partial charge is 0.329 e. The summed E-state index contributed by atoms with van der Waals surface area (Å²) in [6, 6.07) is 11.0. The minimum Gasteiger partial charge on any atom is -0.329 e. The third-order valence-corrected chi connectivity index (χ3v) is 3.71. The van der Waals surface area contributed by atoms with Crippen molar-refractivity contribution in [3.63, 3.8) is 0 Å². The molecule has 1 heterocycles. The highest BCUT2D eigenvalue weighted by molar-refractivity contribution is 5.62. The predicted octanol–water partition coefficient (Wildman–Crippen LogP) is 3.61. The van der Waals surface area contributed by atoms with Gasteiger partial charge in [-0.15, -0.1) is 0 Å². The Morgan fingerprint density at radius 3 is 2.38 bits per heavy atom. The normalized spacial score (nSPS) is 12.2. The summed E-state index contributed by atoms with van der Waals surface area (Å²) in [6.45, 7) is 6.29. The molecule has 0 aliphatic carbocycles. The minimum atomic E-state index is 0.163. The number of aryl methyl sites for hydroxylation is 2. The number of pyridine rings is 1. The van der Waals surface area contributed by atoms with Crippen LogP contribution in [-0.4, -0.2) is 18.1 Å². The number of benzene rings is 1. The van der Waals surface area contributed by atoms with Crippen LogP contribution in [0.15, 0.2) is 36.5 Å². The quantitative estimate of drug-likeness (QED) is 0.911. The van der Waals surface area contributed by atoms with Crippen LogP contribution >= 0.6 is 0 Å². The zero-order valence-corrected chi connectivity index (χ0v) is 13.4. The van der Waals surface area contributed by atoms with Crippen molar-refractivity contribution in [3.8, 4) is 0 Å². The first kappa shape index (κ1) is 15.5. The van der Waals surface area contributed by atoms with Gasteiger partial charge < -0.3 is 10.6 Å². The van der Waals surface area contributed by atoms with Gasteiger partial charge in [-0.05, 0) is 55.5 Å². The van der Waals surface area contributed by atoms with Crippen LogP contribution in [0.1, 0.15) is 30.5 Å². The van der Waals surface area contributed by atoms with E-state index in [-0.39, 0.29) is 6.04 Å². The maximum Gasteiger partial charge on any atom is 0.135 e. The van der Waals surface area contributed by atoms with Gasteiger partial charge in [-0.2, -0.15) is 0 Å². The minimum absolute atomic E-state index is 0.163. The molecular formula is C18H25N3. The van der Waals surface area contributed by atoms with Gasteiger partial charge >= 0.3 is 0 Å². The van der Waals surface area contributed by atoms with Crippen molar-refractivity contribution in [3.05, 3.63) is 53.2 Å². The fourth-order valence-electron chi connectivity index (χ4n) is 2.54. The van der Waals surface area contributed by atoms with E-state index in [4.69, 9.17) is 5.73 Å². The molecule has 2 N–H and O–H groups in total. The highest BCUT2D eigenvalue weighted by Crippen LogP contribution is 2.25. The van der Waals surface area contributed by atoms with Crippen LogP contribution in [0.2, 0.25) is 0 Å². The lowest BCUT2D eigenvalue weighted by atomic mass is 10.1. The Labute approximate surface area is 127 Å². The topological polar surface area (TPSA) is 42.2 Å². The van der Waals surface area contributed by atoms with Crippen molar-refractivity contribution in [1.82, 2.24) is 4.98 Å². The molecule has 1 aromatic heterocycles. The lowest BCUT2D eigenvalue weighted by Gasteiger charge is -2.21. The average molecular weight is 283 g/mol. The molecule has 0 spiro atoms. The third kappa shape index (κ3) is 3.82. The van der Waals surface area contributed by atoms with Crippen molar-refractivity contribution in [1.29, 1.82) is 0 Å². The fraction of sp³-hybridized carbons (Fsp3) is 0.389. The van der Waals surface area contributed by atoms with Crippen LogP contribution in [0.5, 0.6) is 0 Å². The summed E-state index contributed by atoms with van der Waals surface area (Å²) in [5.41, 5.74) is 10.7. The maximum absolute atomic E-state index is 5.85. The molecule has 3 heteroatoms. The number of hydrogen-bond donors (Lipinski definition) is 1. The molecule has 21 heavy (non-hydrogen) atoms. The molecule has 2 rings (SSSR count). The lowest BCUT2D eigenvalue weighted by Crippen LogP contribution is -2.18. The van der Waals surface area contributed by atoms with Gasteiger partial charge in [0.1, 0.15) is 5.82 Å². The van der Waals surface area contributed by atoms with E-state index in [1.54, 1.807) is 0 Å². The molecule has 0 saturated carbocycles. The molecule has 1 aromatic carbocycles. The Morgan fingerprint density at radius 1 is 1.19 bits per heavy atom. The summed E-state index contributed by atoms with van der Waals surface area (Å²) < 4.78 is 0. The standard InChI is InChI=1S/C18H25N3/c1-5-15-6-8-17(9-7-15)21(4)18-13(2)10-16(12-20-18)11-14(3)19/h6-10,12,14H,5,11,19H2,1-4H3. The maximum atomic E-state index is 5.85. The van der Waals surface area contributed by atoms with E-state index in [1.165, 1.54) is 16.7 Å². The summed E-state index contributed by atoms with van der Waals surface area (Å²) >= 11 is 0. The fourth-order valence-corrected chi connectivity index (χ4v) is 2.54. The van der Waals surface area contributed by atoms with E-state index in [2.05, 4.69) is 61.1 Å². The van der Waals surface area contributed by atoms with Crippen LogP contribution in [0.3, 0.4) is 0 Å². The number of aromatic nitrogens is 1. The van der Waals surface area contributed by atoms with Gasteiger partial charge in [-0.3, -0.25) is 0 Å². The molecule has 2 aromatic rings. The second kappa shape index (κ2) is 6.72. The van der Waals surface area contributed by atoms with Gasteiger partial charge in [0.2, 0.25) is 0 Å². The average Bonchev–Trinajstić information content (AvgIpc) is 2.46. The molecule has 0 bridgehead atoms. The first-order chi connectivity index (χ1) is 10.0. The van der Waals surface area contributed by atoms with Crippen molar-refractivity contribution in [2.24, 2.45) is 5.73 Å². The molecule has 0 amide bonds. The van der Waals surface area contributed by atoms with Crippen molar-refractivity contribution >= 4 is 11.5 Å². The van der Waals surface area contributed by atoms with Crippen molar-refractivity contribution in [2.75, 3.05) is 11.9 Å². The van der Waals surface area contributed by atoms with Crippen molar-refractivity contribution < 1.29 is 0 Å². The first-order valence-electron chi connectivity index (χ1n) is 7.55. The highest BCUT2D eigenvalue weighted by atomic mass is 15.2. The Balaban J connectivity index is 2.23. The summed E-state index contributed by atoms with van der Waals surface area (Å²) in [5.74, 6) is 0.993. The number of hydrogen-bond acceptors (Lipinski definition) is 3. The van der Waals surface area contributed by atoms with E-state index in [1.807, 2.05) is 13.1 Å². The number of rotatable bonds is 5. The zero-order chi connectivity index (χ0) is 15.4. The molecule has 3 nitrogen and oxygen atoms in total. The molecule has 0 fully saturated rings. The predicted molar refractivity (Wildman–Crippen MR) is 90.2 cm³/mol. The number of anilines is 2. The molecule has 0 saturated heterocycles. The molecule has 0 aliphatic rings. The van der Waals surface area contributed by atoms with Crippen LogP contribution in [0.4, 0.5) is 11.5 Å². The van der Waals surface area contributed by atoms with E-state index in [9.17, 15) is 0 Å². The second-order valence-corrected chi connectivity index (χ2v) is 5.74. The smallest absolute Gasteiger partial charge is 0.135 e. The Kier molecular flexibility index (Phi) is 4.97. The van der Waals surface area contributed by atoms with Gasteiger partial charge in [-0.25, -0.2) is 4.98 Å². The van der Waals surface area contributed by atoms with Crippen molar-refractivity contribution in [2.45, 2.75) is 39.7 Å². The van der Waals surface area contributed by atoms with Crippen LogP contribution in [0.25, 0.3) is 0 Å². The number of nitrogens with two attached hydrogens (primary N) is 1. The van der Waals surface area contributed by atoms with Crippen LogP contribution < -0.4 is 10.6 Å². The molecule has 0 aliphatic heterocycles. The lowest BCUT2D eigenvalue weighted by molar-refractivity contribution is 0.735. The van der Waals surface area contributed by atoms with E-state index in [0.29, 0.717) is 0 Å². The second-order valence-electron chi connectivity index (χ2n) is 5.74. The summed E-state index contributed by atoms with van der Waals surface area (Å²) in [7, 11) is 2.06. The van der Waals surface area contributed by atoms with Gasteiger partial charge in [0, 0.05) is 25.0 Å². The Hall–Kier alpha value is -1.87. The van der Waals surface area contributed by atoms with E-state index >= 15 is 0 Å². The Morgan fingerprint density at radius 2 is 1.86 bits per heavy atom. The molecule has 112 valence electrons. The van der Waals surface area contributed by atoms with Crippen LogP contribution in [0, 0.1) is 6.92 Å². The zero-order valence-electron chi connectivity index (χ0n) is 13.4. The third-order valence-electron chi connectivity index (χ3n) is 3.71. The first-order valence-corrected chi connectivity index (χ1v) is 7.55.